The van der Waals surface area contributed by atoms with Crippen LogP contribution in [0, 0.1) is 11.6 Å². The fraction of sp³-hybridized carbons (Fsp3) is 0.211. The first-order valence-corrected chi connectivity index (χ1v) is 8.22. The number of rotatable bonds is 7. The number of benzene rings is 2. The Morgan fingerprint density at radius 2 is 1.64 bits per heavy atom. The molecule has 0 radical (unpaired) electrons. The molecule has 2 rings (SSSR count). The fourth-order valence-corrected chi connectivity index (χ4v) is 2.12. The van der Waals surface area contributed by atoms with Crippen molar-refractivity contribution in [3.63, 3.8) is 0 Å². The van der Waals surface area contributed by atoms with Gasteiger partial charge < -0.3 is 20.3 Å². The van der Waals surface area contributed by atoms with Crippen LogP contribution in [0.1, 0.15) is 10.4 Å². The maximum atomic E-state index is 13.1. The standard InChI is InChI=1S/C19H19F2N3O4/c1-24(2)14-6-3-12(4-7-14)19(27)28-11-18(26)22-10-17(25)23-13-5-8-15(20)16(21)9-13/h3-9H,10-11H2,1-2H3,(H,22,26)(H,23,25). The van der Waals surface area contributed by atoms with Crippen LogP contribution < -0.4 is 15.5 Å². The van der Waals surface area contributed by atoms with E-state index in [1.807, 2.05) is 19.0 Å². The van der Waals surface area contributed by atoms with Crippen molar-refractivity contribution in [2.45, 2.75) is 0 Å². The van der Waals surface area contributed by atoms with Gasteiger partial charge in [0.25, 0.3) is 5.91 Å². The lowest BCUT2D eigenvalue weighted by Crippen LogP contribution is -2.35. The summed E-state index contributed by atoms with van der Waals surface area (Å²) in [5.74, 6) is -4.15. The van der Waals surface area contributed by atoms with E-state index in [0.717, 1.165) is 17.8 Å². The Morgan fingerprint density at radius 3 is 2.25 bits per heavy atom. The highest BCUT2D eigenvalue weighted by Gasteiger charge is 2.12. The molecule has 0 unspecified atom stereocenters. The van der Waals surface area contributed by atoms with E-state index in [4.69, 9.17) is 4.74 Å². The number of nitrogens with one attached hydrogen (secondary N) is 2. The number of nitrogens with zero attached hydrogens (tertiary/aromatic N) is 1. The first kappa shape index (κ1) is 20.8. The summed E-state index contributed by atoms with van der Waals surface area (Å²) >= 11 is 0. The van der Waals surface area contributed by atoms with Crippen LogP contribution in [0.4, 0.5) is 20.2 Å². The highest BCUT2D eigenvalue weighted by atomic mass is 19.2. The maximum Gasteiger partial charge on any atom is 0.338 e. The Labute approximate surface area is 160 Å². The number of hydrogen-bond donors (Lipinski definition) is 2. The molecule has 7 nitrogen and oxygen atoms in total. The first-order valence-electron chi connectivity index (χ1n) is 8.22. The van der Waals surface area contributed by atoms with Gasteiger partial charge in [-0.3, -0.25) is 9.59 Å². The van der Waals surface area contributed by atoms with Crippen LogP contribution in [0.5, 0.6) is 0 Å². The van der Waals surface area contributed by atoms with Gasteiger partial charge in [-0.2, -0.15) is 0 Å². The Morgan fingerprint density at radius 1 is 0.964 bits per heavy atom. The predicted molar refractivity (Wildman–Crippen MR) is 99.0 cm³/mol. The van der Waals surface area contributed by atoms with Crippen molar-refractivity contribution in [3.8, 4) is 0 Å². The molecule has 0 aliphatic rings. The summed E-state index contributed by atoms with van der Waals surface area (Å²) in [5.41, 5.74) is 1.24. The Bertz CT molecular complexity index is 870. The molecule has 2 aromatic carbocycles. The topological polar surface area (TPSA) is 87.7 Å². The van der Waals surface area contributed by atoms with Crippen LogP contribution in [0.3, 0.4) is 0 Å². The predicted octanol–water partition coefficient (Wildman–Crippen LogP) is 1.94. The Hall–Kier alpha value is -3.49. The molecule has 0 saturated heterocycles. The Balaban J connectivity index is 1.75. The van der Waals surface area contributed by atoms with E-state index in [0.29, 0.717) is 0 Å². The highest BCUT2D eigenvalue weighted by Crippen LogP contribution is 2.13. The quantitative estimate of drug-likeness (QED) is 0.705. The van der Waals surface area contributed by atoms with Crippen molar-refractivity contribution in [1.82, 2.24) is 5.32 Å². The number of carbonyl (C=O) groups excluding carboxylic acids is 3. The lowest BCUT2D eigenvalue weighted by molar-refractivity contribution is -0.126. The number of halogens is 2. The second-order valence-corrected chi connectivity index (χ2v) is 5.97. The van der Waals surface area contributed by atoms with Crippen LogP contribution >= 0.6 is 0 Å². The molecule has 148 valence electrons. The molecule has 0 aliphatic carbocycles. The van der Waals surface area contributed by atoms with Gasteiger partial charge in [0, 0.05) is 31.5 Å². The monoisotopic (exact) mass is 391 g/mol. The molecule has 0 saturated carbocycles. The summed E-state index contributed by atoms with van der Waals surface area (Å²) < 4.78 is 30.8. The Kier molecular flexibility index (Phi) is 7.02. The minimum atomic E-state index is -1.10. The molecule has 0 spiro atoms. The number of anilines is 2. The van der Waals surface area contributed by atoms with Crippen LogP contribution in [0.25, 0.3) is 0 Å². The SMILES string of the molecule is CN(C)c1ccc(C(=O)OCC(=O)NCC(=O)Nc2ccc(F)c(F)c2)cc1. The van der Waals surface area contributed by atoms with E-state index in [-0.39, 0.29) is 11.3 Å². The number of carbonyl (C=O) groups is 3. The van der Waals surface area contributed by atoms with Gasteiger partial charge in [0.05, 0.1) is 12.1 Å². The summed E-state index contributed by atoms with van der Waals surface area (Å²) in [6, 6.07) is 9.49. The first-order chi connectivity index (χ1) is 13.3. The molecule has 2 N–H and O–H groups in total. The molecule has 0 bridgehead atoms. The van der Waals surface area contributed by atoms with E-state index in [1.165, 1.54) is 6.07 Å². The van der Waals surface area contributed by atoms with E-state index < -0.39 is 42.6 Å². The molecular formula is C19H19F2N3O4. The van der Waals surface area contributed by atoms with Gasteiger partial charge in [-0.15, -0.1) is 0 Å². The summed E-state index contributed by atoms with van der Waals surface area (Å²) in [6.07, 6.45) is 0. The van der Waals surface area contributed by atoms with Crippen molar-refractivity contribution >= 4 is 29.2 Å². The lowest BCUT2D eigenvalue weighted by atomic mass is 10.2. The van der Waals surface area contributed by atoms with Gasteiger partial charge in [0.1, 0.15) is 0 Å². The lowest BCUT2D eigenvalue weighted by Gasteiger charge is -2.12. The van der Waals surface area contributed by atoms with Crippen LogP contribution in [0.15, 0.2) is 42.5 Å². The maximum absolute atomic E-state index is 13.1. The molecule has 0 atom stereocenters. The third-order valence-corrected chi connectivity index (χ3v) is 3.60. The van der Waals surface area contributed by atoms with Gasteiger partial charge in [0.2, 0.25) is 5.91 Å². The number of ether oxygens (including phenoxy) is 1. The summed E-state index contributed by atoms with van der Waals surface area (Å²) in [5, 5.41) is 4.56. The minimum Gasteiger partial charge on any atom is -0.452 e. The molecule has 0 fully saturated rings. The van der Waals surface area contributed by atoms with Crippen LogP contribution in [-0.2, 0) is 14.3 Å². The summed E-state index contributed by atoms with van der Waals surface area (Å²) in [6.45, 7) is -0.986. The zero-order valence-corrected chi connectivity index (χ0v) is 15.3. The highest BCUT2D eigenvalue weighted by molar-refractivity contribution is 5.95. The minimum absolute atomic E-state index is 0.0470. The molecular weight excluding hydrogens is 372 g/mol. The molecule has 28 heavy (non-hydrogen) atoms. The van der Waals surface area contributed by atoms with E-state index in [9.17, 15) is 23.2 Å². The van der Waals surface area contributed by atoms with Gasteiger partial charge in [-0.25, -0.2) is 13.6 Å². The van der Waals surface area contributed by atoms with E-state index >= 15 is 0 Å². The molecule has 2 aromatic rings. The molecule has 0 heterocycles. The normalized spacial score (nSPS) is 10.1. The van der Waals surface area contributed by atoms with Gasteiger partial charge >= 0.3 is 5.97 Å². The number of hydrogen-bond acceptors (Lipinski definition) is 5. The molecule has 0 aromatic heterocycles. The average molecular weight is 391 g/mol. The number of esters is 1. The third-order valence-electron chi connectivity index (χ3n) is 3.60. The second kappa shape index (κ2) is 9.45. The average Bonchev–Trinajstić information content (AvgIpc) is 2.67. The van der Waals surface area contributed by atoms with Crippen molar-refractivity contribution < 1.29 is 27.9 Å². The third kappa shape index (κ3) is 6.04. The zero-order valence-electron chi connectivity index (χ0n) is 15.3. The van der Waals surface area contributed by atoms with Crippen LogP contribution in [0.2, 0.25) is 0 Å². The summed E-state index contributed by atoms with van der Waals surface area (Å²) in [4.78, 5) is 37.2. The van der Waals surface area contributed by atoms with Crippen molar-refractivity contribution in [2.24, 2.45) is 0 Å². The van der Waals surface area contributed by atoms with Gasteiger partial charge in [0.15, 0.2) is 18.2 Å². The molecule has 9 heteroatoms. The number of amides is 2. The van der Waals surface area contributed by atoms with Gasteiger partial charge in [-0.05, 0) is 36.4 Å². The van der Waals surface area contributed by atoms with Gasteiger partial charge in [-0.1, -0.05) is 0 Å². The van der Waals surface area contributed by atoms with E-state index in [1.54, 1.807) is 24.3 Å². The molecule has 2 amide bonds. The zero-order chi connectivity index (χ0) is 20.7. The van der Waals surface area contributed by atoms with Crippen molar-refractivity contribution in [3.05, 3.63) is 59.7 Å². The van der Waals surface area contributed by atoms with Crippen molar-refractivity contribution in [2.75, 3.05) is 37.5 Å². The fourth-order valence-electron chi connectivity index (χ4n) is 2.12. The van der Waals surface area contributed by atoms with E-state index in [2.05, 4.69) is 10.6 Å². The van der Waals surface area contributed by atoms with Crippen molar-refractivity contribution in [1.29, 1.82) is 0 Å². The largest absolute Gasteiger partial charge is 0.452 e. The summed E-state index contributed by atoms with van der Waals surface area (Å²) in [7, 11) is 3.72. The molecule has 0 aliphatic heterocycles. The van der Waals surface area contributed by atoms with Crippen LogP contribution in [-0.4, -0.2) is 45.0 Å². The second-order valence-electron chi connectivity index (χ2n) is 5.97. The smallest absolute Gasteiger partial charge is 0.338 e.